The predicted molar refractivity (Wildman–Crippen MR) is 60.9 cm³/mol. The Hall–Kier alpha value is -0.390. The number of hydrogen-bond acceptors (Lipinski definition) is 3. The van der Waals surface area contributed by atoms with E-state index in [2.05, 4.69) is 15.9 Å². The van der Waals surface area contributed by atoms with Gasteiger partial charge in [0.05, 0.1) is 16.0 Å². The molecule has 1 aromatic rings. The molecule has 1 amide bonds. The Kier molecular flexibility index (Phi) is 4.57. The first-order valence-corrected chi connectivity index (χ1v) is 5.81. The van der Waals surface area contributed by atoms with E-state index in [0.29, 0.717) is 13.2 Å². The molecule has 1 aromatic heterocycles. The molecule has 0 atom stereocenters. The lowest BCUT2D eigenvalue weighted by Crippen LogP contribution is -2.29. The zero-order valence-corrected chi connectivity index (χ0v) is 10.5. The highest BCUT2D eigenvalue weighted by Gasteiger charge is 2.12. The van der Waals surface area contributed by atoms with Gasteiger partial charge in [0.1, 0.15) is 0 Å². The van der Waals surface area contributed by atoms with E-state index < -0.39 is 0 Å². The van der Waals surface area contributed by atoms with Crippen LogP contribution in [0.3, 0.4) is 0 Å². The zero-order valence-electron chi connectivity index (χ0n) is 8.12. The van der Waals surface area contributed by atoms with Crippen molar-refractivity contribution in [2.24, 2.45) is 0 Å². The van der Waals surface area contributed by atoms with Crippen molar-refractivity contribution in [3.05, 3.63) is 20.8 Å². The van der Waals surface area contributed by atoms with Gasteiger partial charge in [-0.3, -0.25) is 4.79 Å². The van der Waals surface area contributed by atoms with Gasteiger partial charge >= 0.3 is 0 Å². The molecule has 78 valence electrons. The molecular formula is C9H12BrNO2S. The summed E-state index contributed by atoms with van der Waals surface area (Å²) >= 11 is 4.84. The fourth-order valence-corrected chi connectivity index (χ4v) is 2.10. The van der Waals surface area contributed by atoms with Crippen LogP contribution < -0.4 is 0 Å². The summed E-state index contributed by atoms with van der Waals surface area (Å²) in [6, 6.07) is 1.83. The first kappa shape index (κ1) is 11.7. The molecule has 0 fully saturated rings. The molecule has 0 bridgehead atoms. The molecule has 0 N–H and O–H groups in total. The maximum atomic E-state index is 11.7. The lowest BCUT2D eigenvalue weighted by atomic mass is 10.3. The standard InChI is InChI=1S/C9H12BrNO2S/c1-11(3-4-13-2)9(12)7-5-8(10)14-6-7/h5-6H,3-4H2,1-2H3. The van der Waals surface area contributed by atoms with Crippen LogP contribution in [-0.4, -0.2) is 38.1 Å². The molecule has 0 aliphatic carbocycles. The minimum Gasteiger partial charge on any atom is -0.383 e. The van der Waals surface area contributed by atoms with E-state index in [1.54, 1.807) is 19.1 Å². The Labute approximate surface area is 95.8 Å². The Morgan fingerprint density at radius 3 is 2.93 bits per heavy atom. The number of carbonyl (C=O) groups excluding carboxylic acids is 1. The lowest BCUT2D eigenvalue weighted by molar-refractivity contribution is 0.0745. The van der Waals surface area contributed by atoms with Crippen LogP contribution >= 0.6 is 27.3 Å². The van der Waals surface area contributed by atoms with E-state index in [-0.39, 0.29) is 5.91 Å². The molecule has 0 aliphatic rings. The van der Waals surface area contributed by atoms with Gasteiger partial charge in [-0.2, -0.15) is 0 Å². The molecule has 5 heteroatoms. The van der Waals surface area contributed by atoms with Gasteiger partial charge in [0, 0.05) is 26.1 Å². The summed E-state index contributed by atoms with van der Waals surface area (Å²) in [5.41, 5.74) is 0.723. The summed E-state index contributed by atoms with van der Waals surface area (Å²) in [4.78, 5) is 13.4. The van der Waals surface area contributed by atoms with Gasteiger partial charge in [0.2, 0.25) is 0 Å². The third-order valence-electron chi connectivity index (χ3n) is 1.79. The van der Waals surface area contributed by atoms with Gasteiger partial charge in [0.15, 0.2) is 0 Å². The number of carbonyl (C=O) groups is 1. The van der Waals surface area contributed by atoms with Crippen molar-refractivity contribution in [3.63, 3.8) is 0 Å². The number of nitrogens with zero attached hydrogens (tertiary/aromatic N) is 1. The van der Waals surface area contributed by atoms with Crippen molar-refractivity contribution in [1.82, 2.24) is 4.90 Å². The number of likely N-dealkylation sites (N-methyl/N-ethyl adjacent to an activating group) is 1. The fraction of sp³-hybridized carbons (Fsp3) is 0.444. The monoisotopic (exact) mass is 277 g/mol. The van der Waals surface area contributed by atoms with Crippen LogP contribution in [0.5, 0.6) is 0 Å². The molecule has 0 unspecified atom stereocenters. The van der Waals surface area contributed by atoms with E-state index in [4.69, 9.17) is 4.74 Å². The maximum Gasteiger partial charge on any atom is 0.254 e. The van der Waals surface area contributed by atoms with E-state index in [9.17, 15) is 4.79 Å². The molecular weight excluding hydrogens is 266 g/mol. The fourth-order valence-electron chi connectivity index (χ4n) is 0.972. The van der Waals surface area contributed by atoms with Crippen LogP contribution in [0.1, 0.15) is 10.4 Å². The highest BCUT2D eigenvalue weighted by atomic mass is 79.9. The van der Waals surface area contributed by atoms with Gasteiger partial charge < -0.3 is 9.64 Å². The molecule has 14 heavy (non-hydrogen) atoms. The van der Waals surface area contributed by atoms with E-state index >= 15 is 0 Å². The number of thiophene rings is 1. The van der Waals surface area contributed by atoms with Gasteiger partial charge in [-0.25, -0.2) is 0 Å². The summed E-state index contributed by atoms with van der Waals surface area (Å²) < 4.78 is 5.88. The number of ether oxygens (including phenoxy) is 1. The first-order valence-electron chi connectivity index (χ1n) is 4.13. The Bertz CT molecular complexity index is 314. The molecule has 1 heterocycles. The quantitative estimate of drug-likeness (QED) is 0.845. The highest BCUT2D eigenvalue weighted by Crippen LogP contribution is 2.21. The molecule has 1 rings (SSSR count). The lowest BCUT2D eigenvalue weighted by Gasteiger charge is -2.15. The second kappa shape index (κ2) is 5.48. The van der Waals surface area contributed by atoms with Crippen LogP contribution in [-0.2, 0) is 4.74 Å². The predicted octanol–water partition coefficient (Wildman–Crippen LogP) is 2.23. The van der Waals surface area contributed by atoms with Gasteiger partial charge in [-0.1, -0.05) is 0 Å². The minimum absolute atomic E-state index is 0.0315. The average Bonchev–Trinajstić information content (AvgIpc) is 2.60. The second-order valence-electron chi connectivity index (χ2n) is 2.86. The van der Waals surface area contributed by atoms with Crippen molar-refractivity contribution in [3.8, 4) is 0 Å². The van der Waals surface area contributed by atoms with E-state index in [0.717, 1.165) is 9.35 Å². The van der Waals surface area contributed by atoms with Crippen molar-refractivity contribution >= 4 is 33.2 Å². The van der Waals surface area contributed by atoms with Crippen LogP contribution in [0.2, 0.25) is 0 Å². The summed E-state index contributed by atoms with van der Waals surface area (Å²) in [5.74, 6) is 0.0315. The number of hydrogen-bond donors (Lipinski definition) is 0. The van der Waals surface area contributed by atoms with Crippen molar-refractivity contribution in [2.45, 2.75) is 0 Å². The Morgan fingerprint density at radius 1 is 1.71 bits per heavy atom. The highest BCUT2D eigenvalue weighted by molar-refractivity contribution is 9.11. The van der Waals surface area contributed by atoms with Crippen LogP contribution in [0.15, 0.2) is 15.2 Å². The summed E-state index contributed by atoms with van der Waals surface area (Å²) in [6.45, 7) is 1.18. The van der Waals surface area contributed by atoms with Crippen LogP contribution in [0, 0.1) is 0 Å². The summed E-state index contributed by atoms with van der Waals surface area (Å²) in [5, 5.41) is 1.84. The van der Waals surface area contributed by atoms with Gasteiger partial charge in [0.25, 0.3) is 5.91 Å². The van der Waals surface area contributed by atoms with Crippen molar-refractivity contribution in [2.75, 3.05) is 27.3 Å². The van der Waals surface area contributed by atoms with Gasteiger partial charge in [-0.15, -0.1) is 11.3 Å². The number of rotatable bonds is 4. The Morgan fingerprint density at radius 2 is 2.43 bits per heavy atom. The number of halogens is 1. The zero-order chi connectivity index (χ0) is 10.6. The Balaban J connectivity index is 2.56. The molecule has 0 aliphatic heterocycles. The van der Waals surface area contributed by atoms with Crippen molar-refractivity contribution in [1.29, 1.82) is 0 Å². The molecule has 0 spiro atoms. The number of amides is 1. The first-order chi connectivity index (χ1) is 6.65. The van der Waals surface area contributed by atoms with E-state index in [1.165, 1.54) is 11.3 Å². The maximum absolute atomic E-state index is 11.7. The third-order valence-corrected chi connectivity index (χ3v) is 3.30. The largest absolute Gasteiger partial charge is 0.383 e. The van der Waals surface area contributed by atoms with Crippen molar-refractivity contribution < 1.29 is 9.53 Å². The molecule has 0 saturated carbocycles. The molecule has 0 radical (unpaired) electrons. The number of methoxy groups -OCH3 is 1. The minimum atomic E-state index is 0.0315. The molecule has 3 nitrogen and oxygen atoms in total. The molecule has 0 saturated heterocycles. The normalized spacial score (nSPS) is 10.2. The van der Waals surface area contributed by atoms with Crippen LogP contribution in [0.4, 0.5) is 0 Å². The third kappa shape index (κ3) is 3.08. The summed E-state index contributed by atoms with van der Waals surface area (Å²) in [7, 11) is 3.40. The van der Waals surface area contributed by atoms with Gasteiger partial charge in [-0.05, 0) is 22.0 Å². The molecule has 0 aromatic carbocycles. The van der Waals surface area contributed by atoms with E-state index in [1.807, 2.05) is 11.4 Å². The topological polar surface area (TPSA) is 29.5 Å². The average molecular weight is 278 g/mol. The van der Waals surface area contributed by atoms with Crippen LogP contribution in [0.25, 0.3) is 0 Å². The second-order valence-corrected chi connectivity index (χ2v) is 5.15. The summed E-state index contributed by atoms with van der Waals surface area (Å²) in [6.07, 6.45) is 0. The SMILES string of the molecule is COCCN(C)C(=O)c1csc(Br)c1. The smallest absolute Gasteiger partial charge is 0.254 e.